The predicted octanol–water partition coefficient (Wildman–Crippen LogP) is 3.08. The lowest BCUT2D eigenvalue weighted by Gasteiger charge is -2.27. The van der Waals surface area contributed by atoms with Gasteiger partial charge < -0.3 is 15.0 Å². The molecule has 0 aliphatic carbocycles. The van der Waals surface area contributed by atoms with E-state index in [2.05, 4.69) is 5.32 Å². The smallest absolute Gasteiger partial charge is 0.329 e. The third-order valence-corrected chi connectivity index (χ3v) is 5.51. The third-order valence-electron chi connectivity index (χ3n) is 5.51. The van der Waals surface area contributed by atoms with Crippen molar-refractivity contribution in [1.29, 1.82) is 0 Å². The van der Waals surface area contributed by atoms with Crippen molar-refractivity contribution in [3.63, 3.8) is 0 Å². The van der Waals surface area contributed by atoms with Crippen LogP contribution in [0, 0.1) is 5.92 Å². The first-order valence-corrected chi connectivity index (χ1v) is 10.7. The molecule has 160 valence electrons. The molecule has 1 fully saturated rings. The first-order valence-electron chi connectivity index (χ1n) is 10.7. The van der Waals surface area contributed by atoms with Crippen molar-refractivity contribution in [2.45, 2.75) is 45.6 Å². The van der Waals surface area contributed by atoms with Crippen molar-refractivity contribution < 1.29 is 19.1 Å². The molecule has 2 aromatic carbocycles. The number of carbonyl (C=O) groups excluding carboxylic acids is 3. The lowest BCUT2D eigenvalue weighted by atomic mass is 10.0. The van der Waals surface area contributed by atoms with Crippen LogP contribution in [0.2, 0.25) is 0 Å². The van der Waals surface area contributed by atoms with Gasteiger partial charge in [0.05, 0.1) is 6.42 Å². The van der Waals surface area contributed by atoms with Crippen LogP contribution in [0.1, 0.15) is 38.7 Å². The van der Waals surface area contributed by atoms with Crippen LogP contribution in [0.3, 0.4) is 0 Å². The fourth-order valence-electron chi connectivity index (χ4n) is 3.80. The van der Waals surface area contributed by atoms with E-state index in [1.807, 2.05) is 56.3 Å². The van der Waals surface area contributed by atoms with Crippen LogP contribution in [0.15, 0.2) is 42.5 Å². The van der Waals surface area contributed by atoms with E-state index < -0.39 is 12.0 Å². The summed E-state index contributed by atoms with van der Waals surface area (Å²) in [7, 11) is 0. The monoisotopic (exact) mass is 410 g/mol. The van der Waals surface area contributed by atoms with Gasteiger partial charge in [-0.25, -0.2) is 4.79 Å². The third kappa shape index (κ3) is 5.59. The van der Waals surface area contributed by atoms with E-state index in [0.29, 0.717) is 13.1 Å². The van der Waals surface area contributed by atoms with Gasteiger partial charge in [0.25, 0.3) is 5.91 Å². The molecule has 1 saturated heterocycles. The van der Waals surface area contributed by atoms with Gasteiger partial charge in [0.1, 0.15) is 6.04 Å². The summed E-state index contributed by atoms with van der Waals surface area (Å²) in [6, 6.07) is 12.9. The number of amides is 2. The molecule has 1 aliphatic rings. The van der Waals surface area contributed by atoms with Crippen molar-refractivity contribution in [2.24, 2.45) is 5.92 Å². The quantitative estimate of drug-likeness (QED) is 0.712. The van der Waals surface area contributed by atoms with Crippen molar-refractivity contribution in [2.75, 3.05) is 19.7 Å². The molecule has 6 heteroatoms. The number of rotatable bonds is 7. The Morgan fingerprint density at radius 1 is 1.00 bits per heavy atom. The van der Waals surface area contributed by atoms with E-state index in [-0.39, 0.29) is 30.8 Å². The zero-order valence-electron chi connectivity index (χ0n) is 17.7. The maximum Gasteiger partial charge on any atom is 0.329 e. The Morgan fingerprint density at radius 3 is 2.43 bits per heavy atom. The molecular weight excluding hydrogens is 380 g/mol. The second-order valence-corrected chi connectivity index (χ2v) is 8.15. The van der Waals surface area contributed by atoms with Gasteiger partial charge in [0, 0.05) is 13.1 Å². The summed E-state index contributed by atoms with van der Waals surface area (Å²) in [4.78, 5) is 39.2. The van der Waals surface area contributed by atoms with E-state index in [1.54, 1.807) is 4.90 Å². The van der Waals surface area contributed by atoms with Gasteiger partial charge in [-0.3, -0.25) is 9.59 Å². The van der Waals surface area contributed by atoms with Crippen LogP contribution in [-0.2, 0) is 25.5 Å². The number of hydrogen-bond donors (Lipinski definition) is 1. The van der Waals surface area contributed by atoms with Crippen LogP contribution in [-0.4, -0.2) is 48.4 Å². The molecule has 0 spiro atoms. The molecule has 0 unspecified atom stereocenters. The lowest BCUT2D eigenvalue weighted by Crippen LogP contribution is -2.47. The average Bonchev–Trinajstić information content (AvgIpc) is 2.76. The van der Waals surface area contributed by atoms with Gasteiger partial charge in [-0.15, -0.1) is 0 Å². The highest BCUT2D eigenvalue weighted by Gasteiger charge is 2.27. The van der Waals surface area contributed by atoms with E-state index in [0.717, 1.165) is 35.6 Å². The molecule has 6 nitrogen and oxygen atoms in total. The highest BCUT2D eigenvalue weighted by Crippen LogP contribution is 2.19. The van der Waals surface area contributed by atoms with Gasteiger partial charge in [-0.1, -0.05) is 56.3 Å². The van der Waals surface area contributed by atoms with Gasteiger partial charge in [0.2, 0.25) is 5.91 Å². The van der Waals surface area contributed by atoms with Crippen molar-refractivity contribution >= 4 is 28.6 Å². The number of piperidine rings is 1. The molecule has 0 radical (unpaired) electrons. The number of fused-ring (bicyclic) bond motifs is 1. The fraction of sp³-hybridized carbons (Fsp3) is 0.458. The molecule has 3 rings (SSSR count). The Bertz CT molecular complexity index is 898. The summed E-state index contributed by atoms with van der Waals surface area (Å²) in [6.07, 6.45) is 3.27. The van der Waals surface area contributed by atoms with E-state index in [4.69, 9.17) is 4.74 Å². The molecule has 0 aromatic heterocycles. The summed E-state index contributed by atoms with van der Waals surface area (Å²) in [5, 5.41) is 4.88. The normalized spacial score (nSPS) is 15.1. The molecular formula is C24H30N2O4. The van der Waals surface area contributed by atoms with Crippen LogP contribution in [0.5, 0.6) is 0 Å². The van der Waals surface area contributed by atoms with Gasteiger partial charge in [-0.2, -0.15) is 0 Å². The zero-order chi connectivity index (χ0) is 21.5. The van der Waals surface area contributed by atoms with Crippen LogP contribution in [0.25, 0.3) is 10.8 Å². The Balaban J connectivity index is 1.58. The van der Waals surface area contributed by atoms with E-state index in [9.17, 15) is 14.4 Å². The number of hydrogen-bond acceptors (Lipinski definition) is 4. The number of nitrogens with zero attached hydrogens (tertiary/aromatic N) is 1. The summed E-state index contributed by atoms with van der Waals surface area (Å²) >= 11 is 0. The molecule has 1 N–H and O–H groups in total. The number of nitrogens with one attached hydrogen (secondary N) is 1. The number of ether oxygens (including phenoxy) is 1. The summed E-state index contributed by atoms with van der Waals surface area (Å²) < 4.78 is 5.26. The number of esters is 1. The molecule has 30 heavy (non-hydrogen) atoms. The largest absolute Gasteiger partial charge is 0.454 e. The topological polar surface area (TPSA) is 75.7 Å². The minimum atomic E-state index is -0.790. The Labute approximate surface area is 177 Å². The molecule has 1 heterocycles. The van der Waals surface area contributed by atoms with Gasteiger partial charge >= 0.3 is 5.97 Å². The maximum absolute atomic E-state index is 12.7. The second kappa shape index (κ2) is 10.2. The summed E-state index contributed by atoms with van der Waals surface area (Å²) in [5.74, 6) is -1.14. The zero-order valence-corrected chi connectivity index (χ0v) is 17.7. The predicted molar refractivity (Wildman–Crippen MR) is 116 cm³/mol. The Kier molecular flexibility index (Phi) is 7.44. The minimum Gasteiger partial charge on any atom is -0.454 e. The molecule has 0 saturated carbocycles. The molecule has 1 aliphatic heterocycles. The number of likely N-dealkylation sites (tertiary alicyclic amines) is 1. The van der Waals surface area contributed by atoms with Crippen molar-refractivity contribution in [1.82, 2.24) is 10.2 Å². The van der Waals surface area contributed by atoms with Crippen molar-refractivity contribution in [3.8, 4) is 0 Å². The average molecular weight is 411 g/mol. The van der Waals surface area contributed by atoms with Crippen LogP contribution < -0.4 is 5.32 Å². The number of benzene rings is 2. The minimum absolute atomic E-state index is 0.154. The van der Waals surface area contributed by atoms with E-state index in [1.165, 1.54) is 0 Å². The van der Waals surface area contributed by atoms with Crippen LogP contribution in [0.4, 0.5) is 0 Å². The molecule has 2 amide bonds. The summed E-state index contributed by atoms with van der Waals surface area (Å²) in [6.45, 7) is 4.84. The first kappa shape index (κ1) is 21.8. The SMILES string of the molecule is CC(C)[C@H](NC(=O)Cc1cccc2ccccc12)C(=O)OCC(=O)N1CCCCC1. The van der Waals surface area contributed by atoms with Gasteiger partial charge in [0.15, 0.2) is 6.61 Å². The standard InChI is InChI=1S/C24H30N2O4/c1-17(2)23(24(29)30-16-22(28)26-13-6-3-7-14-26)25-21(27)15-19-11-8-10-18-9-4-5-12-20(18)19/h4-5,8-12,17,23H,3,6-7,13-16H2,1-2H3,(H,25,27)/t23-/m0/s1. The molecule has 2 aromatic rings. The fourth-order valence-corrected chi connectivity index (χ4v) is 3.80. The summed E-state index contributed by atoms with van der Waals surface area (Å²) in [5.41, 5.74) is 0.904. The van der Waals surface area contributed by atoms with Crippen LogP contribution >= 0.6 is 0 Å². The lowest BCUT2D eigenvalue weighted by molar-refractivity contribution is -0.155. The highest BCUT2D eigenvalue weighted by molar-refractivity contribution is 5.92. The van der Waals surface area contributed by atoms with E-state index >= 15 is 0 Å². The number of carbonyl (C=O) groups is 3. The Hall–Kier alpha value is -2.89. The molecule has 1 atom stereocenters. The second-order valence-electron chi connectivity index (χ2n) is 8.15. The Morgan fingerprint density at radius 2 is 1.70 bits per heavy atom. The van der Waals surface area contributed by atoms with Gasteiger partial charge in [-0.05, 0) is 41.5 Å². The first-order chi connectivity index (χ1) is 14.5. The van der Waals surface area contributed by atoms with Crippen molar-refractivity contribution in [3.05, 3.63) is 48.0 Å². The highest BCUT2D eigenvalue weighted by atomic mass is 16.5. The maximum atomic E-state index is 12.7. The molecule has 0 bridgehead atoms.